The van der Waals surface area contributed by atoms with Crippen LogP contribution in [0.1, 0.15) is 10.4 Å². The zero-order valence-corrected chi connectivity index (χ0v) is 13.3. The topological polar surface area (TPSA) is 63.7 Å². The zero-order chi connectivity index (χ0) is 15.6. The second-order valence-corrected chi connectivity index (χ2v) is 6.51. The van der Waals surface area contributed by atoms with E-state index in [1.807, 2.05) is 23.5 Å². The average Bonchev–Trinajstić information content (AvgIpc) is 3.26. The molecule has 0 radical (unpaired) electrons. The molecule has 1 N–H and O–H groups in total. The number of nitrogens with one attached hydrogen (secondary N) is 1. The fourth-order valence-electron chi connectivity index (χ4n) is 2.80. The Kier molecular flexibility index (Phi) is 3.99. The van der Waals surface area contributed by atoms with Crippen molar-refractivity contribution in [2.24, 2.45) is 0 Å². The highest BCUT2D eigenvalue weighted by Gasteiger charge is 2.24. The number of hydrogen-bond donors (Lipinski definition) is 1. The Hall–Kier alpha value is -1.96. The smallest absolute Gasteiger partial charge is 0.281 e. The Bertz CT molecular complexity index is 695. The van der Waals surface area contributed by atoms with Crippen LogP contribution in [-0.2, 0) is 27.2 Å². The summed E-state index contributed by atoms with van der Waals surface area (Å²) in [5, 5.41) is 4.90. The molecule has 1 saturated heterocycles. The van der Waals surface area contributed by atoms with Crippen molar-refractivity contribution in [2.45, 2.75) is 19.3 Å². The molecular formula is C16H17N3O3S. The van der Waals surface area contributed by atoms with Crippen LogP contribution in [0, 0.1) is 0 Å². The number of ether oxygens (including phenoxy) is 2. The van der Waals surface area contributed by atoms with Crippen molar-refractivity contribution in [3.8, 4) is 0 Å². The number of nitrogens with zero attached hydrogens (tertiary/aromatic N) is 2. The number of rotatable bonds is 3. The number of fused-ring (bicyclic) bond motifs is 1. The summed E-state index contributed by atoms with van der Waals surface area (Å²) in [5.41, 5.74) is 2.03. The Labute approximate surface area is 138 Å². The molecule has 0 bridgehead atoms. The maximum atomic E-state index is 11.9. The van der Waals surface area contributed by atoms with E-state index in [1.165, 1.54) is 10.4 Å². The van der Waals surface area contributed by atoms with E-state index in [4.69, 9.17) is 9.47 Å². The molecule has 4 rings (SSSR count). The predicted octanol–water partition coefficient (Wildman–Crippen LogP) is 2.02. The van der Waals surface area contributed by atoms with Gasteiger partial charge in [-0.05, 0) is 35.6 Å². The summed E-state index contributed by atoms with van der Waals surface area (Å²) >= 11 is 1.83. The number of carbonyl (C=O) groups is 1. The van der Waals surface area contributed by atoms with Gasteiger partial charge in [0.15, 0.2) is 0 Å². The van der Waals surface area contributed by atoms with Crippen LogP contribution in [-0.4, -0.2) is 36.9 Å². The molecule has 4 heterocycles. The highest BCUT2D eigenvalue weighted by atomic mass is 32.1. The van der Waals surface area contributed by atoms with Gasteiger partial charge in [-0.25, -0.2) is 4.98 Å². The van der Waals surface area contributed by atoms with Gasteiger partial charge in [0.1, 0.15) is 5.82 Å². The van der Waals surface area contributed by atoms with Crippen molar-refractivity contribution in [2.75, 3.05) is 30.0 Å². The first-order chi connectivity index (χ1) is 11.3. The molecular weight excluding hydrogens is 314 g/mol. The third kappa shape index (κ3) is 3.08. The van der Waals surface area contributed by atoms with Crippen LogP contribution in [0.15, 0.2) is 29.8 Å². The van der Waals surface area contributed by atoms with Gasteiger partial charge in [-0.15, -0.1) is 11.3 Å². The average molecular weight is 331 g/mol. The summed E-state index contributed by atoms with van der Waals surface area (Å²) in [7, 11) is 0. The van der Waals surface area contributed by atoms with E-state index in [2.05, 4.69) is 26.6 Å². The lowest BCUT2D eigenvalue weighted by Crippen LogP contribution is -2.30. The van der Waals surface area contributed by atoms with E-state index in [0.29, 0.717) is 18.9 Å². The van der Waals surface area contributed by atoms with E-state index < -0.39 is 6.29 Å². The third-order valence-electron chi connectivity index (χ3n) is 3.98. The monoisotopic (exact) mass is 331 g/mol. The standard InChI is InChI=1S/C16H17N3O3S/c20-15(16-21-6-7-22-16)18-12-1-2-14(17-9-12)19-5-3-13-11(10-19)4-8-23-13/h1-2,4,8-9,16H,3,5-7,10H2,(H,18,20). The van der Waals surface area contributed by atoms with Gasteiger partial charge in [0.25, 0.3) is 5.91 Å². The lowest BCUT2D eigenvalue weighted by Gasteiger charge is -2.28. The second-order valence-electron chi connectivity index (χ2n) is 5.51. The Morgan fingerprint density at radius 3 is 2.96 bits per heavy atom. The van der Waals surface area contributed by atoms with Crippen molar-refractivity contribution in [3.63, 3.8) is 0 Å². The van der Waals surface area contributed by atoms with Crippen LogP contribution in [0.2, 0.25) is 0 Å². The number of anilines is 2. The Morgan fingerprint density at radius 1 is 1.30 bits per heavy atom. The van der Waals surface area contributed by atoms with Crippen molar-refractivity contribution < 1.29 is 14.3 Å². The molecule has 6 nitrogen and oxygen atoms in total. The van der Waals surface area contributed by atoms with E-state index in [1.54, 1.807) is 6.20 Å². The number of amides is 1. The highest BCUT2D eigenvalue weighted by Crippen LogP contribution is 2.27. The van der Waals surface area contributed by atoms with E-state index in [-0.39, 0.29) is 5.91 Å². The molecule has 1 fully saturated rings. The molecule has 0 aromatic carbocycles. The van der Waals surface area contributed by atoms with Crippen molar-refractivity contribution in [3.05, 3.63) is 40.2 Å². The molecule has 0 atom stereocenters. The summed E-state index contributed by atoms with van der Waals surface area (Å²) < 4.78 is 10.3. The fraction of sp³-hybridized carbons (Fsp3) is 0.375. The zero-order valence-electron chi connectivity index (χ0n) is 12.5. The number of carbonyl (C=O) groups excluding carboxylic acids is 1. The SMILES string of the molecule is O=C(Nc1ccc(N2CCc3sccc3C2)nc1)C1OCCO1. The Morgan fingerprint density at radius 2 is 2.17 bits per heavy atom. The largest absolute Gasteiger partial charge is 0.352 e. The summed E-state index contributed by atoms with van der Waals surface area (Å²) in [6, 6.07) is 5.98. The maximum Gasteiger partial charge on any atom is 0.281 e. The lowest BCUT2D eigenvalue weighted by atomic mass is 10.1. The minimum absolute atomic E-state index is 0.294. The van der Waals surface area contributed by atoms with Crippen molar-refractivity contribution in [1.29, 1.82) is 0 Å². The molecule has 7 heteroatoms. The summed E-state index contributed by atoms with van der Waals surface area (Å²) in [5.74, 6) is 0.631. The van der Waals surface area contributed by atoms with Crippen LogP contribution in [0.3, 0.4) is 0 Å². The molecule has 0 spiro atoms. The van der Waals surface area contributed by atoms with Crippen LogP contribution >= 0.6 is 11.3 Å². The summed E-state index contributed by atoms with van der Waals surface area (Å²) in [6.07, 6.45) is 1.92. The normalized spacial score (nSPS) is 18.0. The van der Waals surface area contributed by atoms with Crippen LogP contribution in [0.25, 0.3) is 0 Å². The Balaban J connectivity index is 1.41. The number of hydrogen-bond acceptors (Lipinski definition) is 6. The minimum atomic E-state index is -0.811. The van der Waals surface area contributed by atoms with Gasteiger partial charge in [-0.1, -0.05) is 0 Å². The second kappa shape index (κ2) is 6.27. The molecule has 120 valence electrons. The molecule has 0 saturated carbocycles. The summed E-state index contributed by atoms with van der Waals surface area (Å²) in [6.45, 7) is 2.76. The summed E-state index contributed by atoms with van der Waals surface area (Å²) in [4.78, 5) is 20.1. The first kappa shape index (κ1) is 14.6. The van der Waals surface area contributed by atoms with Gasteiger partial charge in [0.05, 0.1) is 25.1 Å². The maximum absolute atomic E-state index is 11.9. The van der Waals surface area contributed by atoms with Gasteiger partial charge >= 0.3 is 0 Å². The first-order valence-corrected chi connectivity index (χ1v) is 8.48. The first-order valence-electron chi connectivity index (χ1n) is 7.60. The molecule has 0 aliphatic carbocycles. The van der Waals surface area contributed by atoms with E-state index >= 15 is 0 Å². The van der Waals surface area contributed by atoms with Gasteiger partial charge < -0.3 is 19.7 Å². The van der Waals surface area contributed by atoms with Gasteiger partial charge in [-0.3, -0.25) is 4.79 Å². The quantitative estimate of drug-likeness (QED) is 0.932. The molecule has 2 aliphatic heterocycles. The molecule has 1 amide bonds. The van der Waals surface area contributed by atoms with Crippen LogP contribution < -0.4 is 10.2 Å². The highest BCUT2D eigenvalue weighted by molar-refractivity contribution is 7.10. The van der Waals surface area contributed by atoms with Gasteiger partial charge in [0, 0.05) is 18.0 Å². The van der Waals surface area contributed by atoms with Crippen molar-refractivity contribution in [1.82, 2.24) is 4.98 Å². The molecule has 23 heavy (non-hydrogen) atoms. The minimum Gasteiger partial charge on any atom is -0.352 e. The lowest BCUT2D eigenvalue weighted by molar-refractivity contribution is -0.140. The molecule has 0 unspecified atom stereocenters. The number of thiophene rings is 1. The number of pyridine rings is 1. The van der Waals surface area contributed by atoms with Gasteiger partial charge in [-0.2, -0.15) is 0 Å². The number of aromatic nitrogens is 1. The van der Waals surface area contributed by atoms with Crippen molar-refractivity contribution >= 4 is 28.7 Å². The molecule has 2 aromatic heterocycles. The molecule has 2 aromatic rings. The third-order valence-corrected chi connectivity index (χ3v) is 5.01. The van der Waals surface area contributed by atoms with Crippen LogP contribution in [0.4, 0.5) is 11.5 Å². The fourth-order valence-corrected chi connectivity index (χ4v) is 3.69. The van der Waals surface area contributed by atoms with E-state index in [0.717, 1.165) is 25.3 Å². The predicted molar refractivity (Wildman–Crippen MR) is 87.6 cm³/mol. The molecule has 2 aliphatic rings. The van der Waals surface area contributed by atoms with E-state index in [9.17, 15) is 4.79 Å². The van der Waals surface area contributed by atoms with Gasteiger partial charge in [0.2, 0.25) is 6.29 Å². The van der Waals surface area contributed by atoms with Crippen LogP contribution in [0.5, 0.6) is 0 Å².